The van der Waals surface area contributed by atoms with Gasteiger partial charge in [-0.25, -0.2) is 0 Å². The minimum absolute atomic E-state index is 0.394. The molecule has 1 saturated carbocycles. The largest absolute Gasteiger partial charge is 0.378 e. The molecular weight excluding hydrogens is 150 g/mol. The zero-order valence-corrected chi connectivity index (χ0v) is 8.71. The van der Waals surface area contributed by atoms with Gasteiger partial charge in [-0.15, -0.1) is 0 Å². The van der Waals surface area contributed by atoms with E-state index in [0.29, 0.717) is 6.10 Å². The van der Waals surface area contributed by atoms with E-state index in [1.807, 2.05) is 0 Å². The average Bonchev–Trinajstić information content (AvgIpc) is 2.62. The Morgan fingerprint density at radius 3 is 2.50 bits per heavy atom. The van der Waals surface area contributed by atoms with Gasteiger partial charge in [0.1, 0.15) is 0 Å². The Morgan fingerprint density at radius 1 is 1.33 bits per heavy atom. The molecule has 2 heteroatoms. The van der Waals surface area contributed by atoms with E-state index in [1.165, 1.54) is 13.0 Å². The quantitative estimate of drug-likeness (QED) is 0.623. The predicted molar refractivity (Wildman–Crippen MR) is 51.2 cm³/mol. The van der Waals surface area contributed by atoms with E-state index in [1.54, 1.807) is 0 Å². The second-order valence-electron chi connectivity index (χ2n) is 4.40. The zero-order chi connectivity index (χ0) is 9.14. The average molecular weight is 171 g/mol. The van der Waals surface area contributed by atoms with Crippen molar-refractivity contribution in [3.63, 3.8) is 0 Å². The van der Waals surface area contributed by atoms with Crippen molar-refractivity contribution in [3.8, 4) is 0 Å². The molecule has 0 heterocycles. The van der Waals surface area contributed by atoms with Crippen LogP contribution in [0.5, 0.6) is 0 Å². The molecule has 1 fully saturated rings. The van der Waals surface area contributed by atoms with Crippen LogP contribution in [0.1, 0.15) is 20.3 Å². The molecule has 72 valence electrons. The lowest BCUT2D eigenvalue weighted by Gasteiger charge is -2.09. The van der Waals surface area contributed by atoms with Gasteiger partial charge in [0.05, 0.1) is 12.7 Å². The van der Waals surface area contributed by atoms with Crippen LogP contribution in [0.25, 0.3) is 0 Å². The molecule has 0 aromatic heterocycles. The Kier molecular flexibility index (Phi) is 3.53. The Morgan fingerprint density at radius 2 is 2.00 bits per heavy atom. The van der Waals surface area contributed by atoms with Gasteiger partial charge in [0.15, 0.2) is 0 Å². The summed E-state index contributed by atoms with van der Waals surface area (Å²) in [6, 6.07) is 0. The van der Waals surface area contributed by atoms with Crippen molar-refractivity contribution in [2.75, 3.05) is 27.2 Å². The highest BCUT2D eigenvalue weighted by Gasteiger charge is 2.37. The summed E-state index contributed by atoms with van der Waals surface area (Å²) in [6.07, 6.45) is 1.76. The van der Waals surface area contributed by atoms with Crippen molar-refractivity contribution >= 4 is 0 Å². The maximum Gasteiger partial charge on any atom is 0.0519 e. The molecule has 2 atom stereocenters. The van der Waals surface area contributed by atoms with Crippen molar-refractivity contribution in [1.29, 1.82) is 0 Å². The first-order valence-electron chi connectivity index (χ1n) is 4.86. The van der Waals surface area contributed by atoms with Crippen LogP contribution in [0, 0.1) is 11.8 Å². The second kappa shape index (κ2) is 4.24. The van der Waals surface area contributed by atoms with Gasteiger partial charge in [0, 0.05) is 6.54 Å². The summed E-state index contributed by atoms with van der Waals surface area (Å²) in [5.41, 5.74) is 0. The maximum absolute atomic E-state index is 5.56. The molecule has 0 amide bonds. The Hall–Kier alpha value is -0.0800. The van der Waals surface area contributed by atoms with Gasteiger partial charge in [-0.1, -0.05) is 0 Å². The van der Waals surface area contributed by atoms with Gasteiger partial charge in [-0.2, -0.15) is 0 Å². The number of rotatable bonds is 5. The third-order valence-electron chi connectivity index (χ3n) is 2.31. The van der Waals surface area contributed by atoms with Crippen LogP contribution in [-0.4, -0.2) is 38.3 Å². The van der Waals surface area contributed by atoms with Gasteiger partial charge < -0.3 is 9.64 Å². The second-order valence-corrected chi connectivity index (χ2v) is 4.40. The molecular formula is C10H21NO. The lowest BCUT2D eigenvalue weighted by molar-refractivity contribution is 0.0672. The molecule has 0 bridgehead atoms. The van der Waals surface area contributed by atoms with Gasteiger partial charge in [0.2, 0.25) is 0 Å². The van der Waals surface area contributed by atoms with Crippen LogP contribution in [-0.2, 0) is 4.74 Å². The lowest BCUT2D eigenvalue weighted by atomic mass is 10.3. The van der Waals surface area contributed by atoms with Gasteiger partial charge in [-0.05, 0) is 46.2 Å². The summed E-state index contributed by atoms with van der Waals surface area (Å²) in [6.45, 7) is 6.40. The van der Waals surface area contributed by atoms with E-state index in [0.717, 1.165) is 18.4 Å². The van der Waals surface area contributed by atoms with Crippen LogP contribution >= 0.6 is 0 Å². The summed E-state index contributed by atoms with van der Waals surface area (Å²) in [5.74, 6) is 1.74. The molecule has 0 aromatic carbocycles. The van der Waals surface area contributed by atoms with Crippen molar-refractivity contribution in [2.24, 2.45) is 11.8 Å². The number of ether oxygens (including phenoxy) is 1. The summed E-state index contributed by atoms with van der Waals surface area (Å²) in [4.78, 5) is 2.26. The van der Waals surface area contributed by atoms with Crippen LogP contribution in [0.3, 0.4) is 0 Å². The normalized spacial score (nSPS) is 28.5. The molecule has 0 N–H and O–H groups in total. The van der Waals surface area contributed by atoms with Gasteiger partial charge in [-0.3, -0.25) is 0 Å². The molecule has 2 unspecified atom stereocenters. The van der Waals surface area contributed by atoms with Crippen LogP contribution < -0.4 is 0 Å². The first-order valence-corrected chi connectivity index (χ1v) is 4.86. The molecule has 0 aromatic rings. The molecule has 1 rings (SSSR count). The van der Waals surface area contributed by atoms with Crippen molar-refractivity contribution in [1.82, 2.24) is 4.90 Å². The first kappa shape index (κ1) is 10.0. The zero-order valence-electron chi connectivity index (χ0n) is 8.71. The van der Waals surface area contributed by atoms with E-state index in [2.05, 4.69) is 32.8 Å². The highest BCUT2D eigenvalue weighted by atomic mass is 16.5. The van der Waals surface area contributed by atoms with Gasteiger partial charge in [0.25, 0.3) is 0 Å². The SMILES string of the molecule is CC(C)OCC1CC1CN(C)C. The minimum atomic E-state index is 0.394. The monoisotopic (exact) mass is 171 g/mol. The topological polar surface area (TPSA) is 12.5 Å². The van der Waals surface area contributed by atoms with Crippen LogP contribution in [0.2, 0.25) is 0 Å². The van der Waals surface area contributed by atoms with E-state index in [-0.39, 0.29) is 0 Å². The van der Waals surface area contributed by atoms with Crippen molar-refractivity contribution < 1.29 is 4.74 Å². The molecule has 2 nitrogen and oxygen atoms in total. The molecule has 1 aliphatic carbocycles. The summed E-state index contributed by atoms with van der Waals surface area (Å²) in [5, 5.41) is 0. The first-order chi connectivity index (χ1) is 5.59. The lowest BCUT2D eigenvalue weighted by Crippen LogP contribution is -2.16. The summed E-state index contributed by atoms with van der Waals surface area (Å²) >= 11 is 0. The third kappa shape index (κ3) is 3.55. The molecule has 0 saturated heterocycles. The van der Waals surface area contributed by atoms with Crippen LogP contribution in [0.4, 0.5) is 0 Å². The highest BCUT2D eigenvalue weighted by Crippen LogP contribution is 2.38. The highest BCUT2D eigenvalue weighted by molar-refractivity contribution is 4.87. The van der Waals surface area contributed by atoms with E-state index in [4.69, 9.17) is 4.74 Å². The van der Waals surface area contributed by atoms with Crippen molar-refractivity contribution in [3.05, 3.63) is 0 Å². The van der Waals surface area contributed by atoms with E-state index < -0.39 is 0 Å². The maximum atomic E-state index is 5.56. The molecule has 0 aliphatic heterocycles. The molecule has 0 radical (unpaired) electrons. The number of hydrogen-bond donors (Lipinski definition) is 0. The van der Waals surface area contributed by atoms with E-state index >= 15 is 0 Å². The Labute approximate surface area is 75.9 Å². The number of hydrogen-bond acceptors (Lipinski definition) is 2. The van der Waals surface area contributed by atoms with Gasteiger partial charge >= 0.3 is 0 Å². The Bertz CT molecular complexity index is 134. The fourth-order valence-corrected chi connectivity index (χ4v) is 1.52. The van der Waals surface area contributed by atoms with Crippen LogP contribution in [0.15, 0.2) is 0 Å². The predicted octanol–water partition coefficient (Wildman–Crippen LogP) is 1.61. The third-order valence-corrected chi connectivity index (χ3v) is 2.31. The smallest absolute Gasteiger partial charge is 0.0519 e. The fraction of sp³-hybridized carbons (Fsp3) is 1.00. The number of nitrogens with zero attached hydrogens (tertiary/aromatic N) is 1. The minimum Gasteiger partial charge on any atom is -0.378 e. The standard InChI is InChI=1S/C10H21NO/c1-8(2)12-7-10-5-9(10)6-11(3)4/h8-10H,5-7H2,1-4H3. The molecule has 1 aliphatic rings. The Balaban J connectivity index is 2.00. The summed E-state index contributed by atoms with van der Waals surface area (Å²) in [7, 11) is 4.28. The molecule has 12 heavy (non-hydrogen) atoms. The van der Waals surface area contributed by atoms with E-state index in [9.17, 15) is 0 Å². The summed E-state index contributed by atoms with van der Waals surface area (Å²) < 4.78 is 5.56. The fourth-order valence-electron chi connectivity index (χ4n) is 1.52. The van der Waals surface area contributed by atoms with Crippen molar-refractivity contribution in [2.45, 2.75) is 26.4 Å². The molecule has 0 spiro atoms.